The van der Waals surface area contributed by atoms with E-state index in [0.29, 0.717) is 11.4 Å². The lowest BCUT2D eigenvalue weighted by Crippen LogP contribution is -1.94. The first-order valence-electron chi connectivity index (χ1n) is 21.1. The number of hydrogen-bond acceptors (Lipinski definition) is 3. The zero-order chi connectivity index (χ0) is 40.7. The Hall–Kier alpha value is -8.34. The Bertz CT molecular complexity index is 3880. The number of furan rings is 1. The van der Waals surface area contributed by atoms with Crippen LogP contribution in [0.15, 0.2) is 217 Å². The summed E-state index contributed by atoms with van der Waals surface area (Å²) in [4.78, 5) is 10.3. The monoisotopic (exact) mass is 789 g/mol. The Morgan fingerprint density at radius 3 is 1.47 bits per heavy atom. The molecule has 0 bridgehead atoms. The lowest BCUT2D eigenvalue weighted by Gasteiger charge is -2.12. The molecule has 0 fully saturated rings. The Morgan fingerprint density at radius 1 is 0.323 bits per heavy atom. The highest BCUT2D eigenvalue weighted by Crippen LogP contribution is 2.41. The van der Waals surface area contributed by atoms with Gasteiger partial charge >= 0.3 is 0 Å². The minimum Gasteiger partial charge on any atom is -0.452 e. The van der Waals surface area contributed by atoms with Crippen LogP contribution >= 0.6 is 0 Å². The summed E-state index contributed by atoms with van der Waals surface area (Å²) in [6.45, 7) is 0. The van der Waals surface area contributed by atoms with Gasteiger partial charge in [0.05, 0.1) is 11.0 Å². The van der Waals surface area contributed by atoms with Crippen molar-refractivity contribution in [3.63, 3.8) is 0 Å². The van der Waals surface area contributed by atoms with Crippen LogP contribution in [0.2, 0.25) is 0 Å². The number of rotatable bonds is 5. The maximum Gasteiger partial charge on any atom is 0.180 e. The molecule has 0 saturated carbocycles. The third-order valence-electron chi connectivity index (χ3n) is 12.6. The Kier molecular flexibility index (Phi) is 7.57. The van der Waals surface area contributed by atoms with Gasteiger partial charge < -0.3 is 8.98 Å². The molecule has 0 amide bonds. The van der Waals surface area contributed by atoms with E-state index in [-0.39, 0.29) is 0 Å². The van der Waals surface area contributed by atoms with Gasteiger partial charge in [0.25, 0.3) is 0 Å². The summed E-state index contributed by atoms with van der Waals surface area (Å²) in [6.07, 6.45) is 0. The van der Waals surface area contributed by atoms with Crippen molar-refractivity contribution in [2.24, 2.45) is 0 Å². The summed E-state index contributed by atoms with van der Waals surface area (Å²) in [5.41, 5.74) is 13.1. The molecule has 3 aromatic heterocycles. The minimum absolute atomic E-state index is 0.660. The predicted octanol–water partition coefficient (Wildman–Crippen LogP) is 15.6. The topological polar surface area (TPSA) is 43.9 Å². The number of nitrogens with zero attached hydrogens (tertiary/aromatic N) is 3. The van der Waals surface area contributed by atoms with Crippen LogP contribution < -0.4 is 0 Å². The van der Waals surface area contributed by atoms with E-state index in [4.69, 9.17) is 14.4 Å². The highest BCUT2D eigenvalue weighted by Gasteiger charge is 2.20. The van der Waals surface area contributed by atoms with Crippen molar-refractivity contribution >= 4 is 76.2 Å². The number of para-hydroxylation sites is 2. The predicted molar refractivity (Wildman–Crippen MR) is 258 cm³/mol. The van der Waals surface area contributed by atoms with Gasteiger partial charge in [-0.25, -0.2) is 9.97 Å². The van der Waals surface area contributed by atoms with Crippen molar-refractivity contribution in [2.45, 2.75) is 0 Å². The fourth-order valence-corrected chi connectivity index (χ4v) is 9.67. The van der Waals surface area contributed by atoms with Gasteiger partial charge in [-0.1, -0.05) is 152 Å². The molecular formula is C58H35N3O. The average molecular weight is 790 g/mol. The van der Waals surface area contributed by atoms with E-state index in [0.717, 1.165) is 55.6 Å². The maximum absolute atomic E-state index is 6.39. The third kappa shape index (κ3) is 5.33. The SMILES string of the molecule is c1ccc(-c2nc(-c3cccc(-c4ccc5c(c4)c4cc(-c6ccc7c8ccccc8c8ccccc8c7c6)ccc4n5-c4ccccc4)c3)nc3c2oc2ccccc23)cc1. The van der Waals surface area contributed by atoms with Gasteiger partial charge in [-0.05, 0) is 115 Å². The Labute approximate surface area is 356 Å². The molecule has 0 unspecified atom stereocenters. The van der Waals surface area contributed by atoms with Crippen LogP contribution in [0.3, 0.4) is 0 Å². The normalized spacial score (nSPS) is 11.9. The molecule has 13 rings (SSSR count). The van der Waals surface area contributed by atoms with E-state index >= 15 is 0 Å². The van der Waals surface area contributed by atoms with Crippen LogP contribution in [0.4, 0.5) is 0 Å². The van der Waals surface area contributed by atoms with Crippen LogP contribution in [-0.4, -0.2) is 14.5 Å². The minimum atomic E-state index is 0.660. The van der Waals surface area contributed by atoms with Crippen LogP contribution in [0.25, 0.3) is 127 Å². The molecule has 0 N–H and O–H groups in total. The van der Waals surface area contributed by atoms with Crippen LogP contribution in [0.1, 0.15) is 0 Å². The average Bonchev–Trinajstić information content (AvgIpc) is 3.89. The lowest BCUT2D eigenvalue weighted by atomic mass is 9.92. The first kappa shape index (κ1) is 34.5. The van der Waals surface area contributed by atoms with E-state index in [1.165, 1.54) is 59.7 Å². The van der Waals surface area contributed by atoms with E-state index in [1.54, 1.807) is 0 Å². The summed E-state index contributed by atoms with van der Waals surface area (Å²) in [5.74, 6) is 0.660. The summed E-state index contributed by atoms with van der Waals surface area (Å²) in [6, 6.07) is 75.9. The van der Waals surface area contributed by atoms with Gasteiger partial charge in [0.2, 0.25) is 0 Å². The quantitative estimate of drug-likeness (QED) is 0.163. The van der Waals surface area contributed by atoms with E-state index < -0.39 is 0 Å². The van der Waals surface area contributed by atoms with E-state index in [2.05, 4.69) is 180 Å². The van der Waals surface area contributed by atoms with Crippen molar-refractivity contribution in [1.29, 1.82) is 0 Å². The molecule has 10 aromatic carbocycles. The zero-order valence-corrected chi connectivity index (χ0v) is 33.5. The molecule has 0 saturated heterocycles. The molecule has 288 valence electrons. The number of benzene rings is 10. The molecule has 0 atom stereocenters. The molecule has 62 heavy (non-hydrogen) atoms. The second-order valence-electron chi connectivity index (χ2n) is 16.1. The Balaban J connectivity index is 0.983. The molecule has 0 aliphatic carbocycles. The van der Waals surface area contributed by atoms with Gasteiger partial charge in [0.15, 0.2) is 11.4 Å². The summed E-state index contributed by atoms with van der Waals surface area (Å²) >= 11 is 0. The van der Waals surface area contributed by atoms with Crippen molar-refractivity contribution in [2.75, 3.05) is 0 Å². The standard InChI is InChI=1S/C58H35N3O/c1-3-14-36(15-4-1)55-57-56(48-24-11-12-25-54(48)62-57)60-58(59-55)41-17-13-16-37(32-41)39-27-30-52-50(34-39)51-35-40(28-31-53(51)61(52)42-18-5-2-6-19-42)38-26-29-47-45-22-8-7-20-43(45)44-21-9-10-23-46(44)49(47)33-38/h1-35H. The fraction of sp³-hybridized carbons (Fsp3) is 0. The molecule has 0 aliphatic rings. The second-order valence-corrected chi connectivity index (χ2v) is 16.1. The molecule has 4 heteroatoms. The summed E-state index contributed by atoms with van der Waals surface area (Å²) in [5, 5.41) is 11.0. The van der Waals surface area contributed by atoms with Crippen molar-refractivity contribution in [3.8, 4) is 50.6 Å². The van der Waals surface area contributed by atoms with Gasteiger partial charge in [-0.2, -0.15) is 0 Å². The largest absolute Gasteiger partial charge is 0.452 e. The van der Waals surface area contributed by atoms with Crippen LogP contribution in [0, 0.1) is 0 Å². The van der Waals surface area contributed by atoms with Gasteiger partial charge in [0, 0.05) is 33.0 Å². The molecule has 4 nitrogen and oxygen atoms in total. The van der Waals surface area contributed by atoms with Crippen LogP contribution in [-0.2, 0) is 0 Å². The lowest BCUT2D eigenvalue weighted by molar-refractivity contribution is 0.667. The fourth-order valence-electron chi connectivity index (χ4n) is 9.67. The molecular weight excluding hydrogens is 755 g/mol. The maximum atomic E-state index is 6.39. The smallest absolute Gasteiger partial charge is 0.180 e. The third-order valence-corrected chi connectivity index (χ3v) is 12.6. The van der Waals surface area contributed by atoms with Crippen molar-refractivity contribution in [1.82, 2.24) is 14.5 Å². The highest BCUT2D eigenvalue weighted by atomic mass is 16.3. The highest BCUT2D eigenvalue weighted by molar-refractivity contribution is 6.26. The molecule has 0 radical (unpaired) electrons. The molecule has 13 aromatic rings. The van der Waals surface area contributed by atoms with E-state index in [9.17, 15) is 0 Å². The number of hydrogen-bond donors (Lipinski definition) is 0. The summed E-state index contributed by atoms with van der Waals surface area (Å²) < 4.78 is 8.78. The van der Waals surface area contributed by atoms with Crippen molar-refractivity contribution < 1.29 is 4.42 Å². The number of fused-ring (bicyclic) bond motifs is 12. The first-order valence-corrected chi connectivity index (χ1v) is 21.1. The second kappa shape index (κ2) is 13.6. The number of aromatic nitrogens is 3. The molecule has 3 heterocycles. The summed E-state index contributed by atoms with van der Waals surface area (Å²) in [7, 11) is 0. The molecule has 0 aliphatic heterocycles. The van der Waals surface area contributed by atoms with Gasteiger partial charge in [0.1, 0.15) is 16.8 Å². The van der Waals surface area contributed by atoms with Crippen molar-refractivity contribution in [3.05, 3.63) is 212 Å². The van der Waals surface area contributed by atoms with Gasteiger partial charge in [-0.3, -0.25) is 0 Å². The molecule has 0 spiro atoms. The van der Waals surface area contributed by atoms with Gasteiger partial charge in [-0.15, -0.1) is 0 Å². The van der Waals surface area contributed by atoms with Crippen LogP contribution in [0.5, 0.6) is 0 Å². The van der Waals surface area contributed by atoms with E-state index in [1.807, 2.05) is 36.4 Å². The zero-order valence-electron chi connectivity index (χ0n) is 33.5. The first-order chi connectivity index (χ1) is 30.7. The Morgan fingerprint density at radius 2 is 0.806 bits per heavy atom.